The van der Waals surface area contributed by atoms with Crippen molar-refractivity contribution in [2.24, 2.45) is 5.92 Å². The second-order valence-electron chi connectivity index (χ2n) is 11.4. The number of aromatic nitrogens is 4. The summed E-state index contributed by atoms with van der Waals surface area (Å²) in [5, 5.41) is 12.5. The number of fused-ring (bicyclic) bond motifs is 3. The van der Waals surface area contributed by atoms with Gasteiger partial charge in [0.2, 0.25) is 11.7 Å². The minimum Gasteiger partial charge on any atom is -0.369 e. The Morgan fingerprint density at radius 2 is 1.80 bits per heavy atom. The monoisotopic (exact) mass is 543 g/mol. The number of nitrogens with one attached hydrogen (secondary N) is 1. The van der Waals surface area contributed by atoms with Crippen LogP contribution in [0.25, 0.3) is 16.7 Å². The molecule has 1 aliphatic rings. The van der Waals surface area contributed by atoms with Crippen LogP contribution in [0, 0.1) is 19.8 Å². The molecule has 1 fully saturated rings. The van der Waals surface area contributed by atoms with E-state index in [0.717, 1.165) is 44.7 Å². The van der Waals surface area contributed by atoms with Gasteiger partial charge in [0.25, 0.3) is 5.56 Å². The molecule has 0 spiro atoms. The molecule has 40 heavy (non-hydrogen) atoms. The van der Waals surface area contributed by atoms with Crippen molar-refractivity contribution in [1.29, 1.82) is 0 Å². The van der Waals surface area contributed by atoms with Crippen LogP contribution in [0.15, 0.2) is 47.3 Å². The Kier molecular flexibility index (Phi) is 8.49. The van der Waals surface area contributed by atoms with Gasteiger partial charge in [-0.05, 0) is 62.1 Å². The summed E-state index contributed by atoms with van der Waals surface area (Å²) in [7, 11) is 0. The molecule has 0 unspecified atom stereocenters. The van der Waals surface area contributed by atoms with Crippen LogP contribution in [-0.4, -0.2) is 69.2 Å². The molecule has 1 N–H and O–H groups in total. The van der Waals surface area contributed by atoms with Crippen molar-refractivity contribution in [2.45, 2.75) is 53.5 Å². The lowest BCUT2D eigenvalue weighted by Gasteiger charge is -2.37. The van der Waals surface area contributed by atoms with Crippen molar-refractivity contribution < 1.29 is 4.79 Å². The van der Waals surface area contributed by atoms with Crippen molar-refractivity contribution in [1.82, 2.24) is 29.4 Å². The molecule has 2 aromatic carbocycles. The Balaban J connectivity index is 1.12. The maximum absolute atomic E-state index is 13.1. The van der Waals surface area contributed by atoms with E-state index in [-0.39, 0.29) is 17.4 Å². The molecule has 9 heteroatoms. The fourth-order valence-corrected chi connectivity index (χ4v) is 5.62. The van der Waals surface area contributed by atoms with E-state index in [1.54, 1.807) is 4.57 Å². The SMILES string of the molecule is Cc1ccc(C)c(N2CCN(CCCNC(=O)CCc3nnc4n(CC(C)C)c(=O)c5ccccc5n34)CC2)c1. The van der Waals surface area contributed by atoms with E-state index in [9.17, 15) is 9.59 Å². The topological polar surface area (TPSA) is 87.8 Å². The number of nitrogens with zero attached hydrogens (tertiary/aromatic N) is 6. The number of para-hydroxylation sites is 1. The molecule has 0 bridgehead atoms. The molecule has 3 heterocycles. The van der Waals surface area contributed by atoms with Gasteiger partial charge in [-0.2, -0.15) is 0 Å². The quantitative estimate of drug-likeness (QED) is 0.308. The Morgan fingerprint density at radius 1 is 1.02 bits per heavy atom. The number of carbonyl (C=O) groups is 1. The molecule has 5 rings (SSSR count). The van der Waals surface area contributed by atoms with Gasteiger partial charge in [-0.3, -0.25) is 23.5 Å². The number of aryl methyl sites for hydroxylation is 3. The largest absolute Gasteiger partial charge is 0.369 e. The summed E-state index contributed by atoms with van der Waals surface area (Å²) in [5.41, 5.74) is 4.71. The Bertz CT molecular complexity index is 1550. The molecule has 0 saturated carbocycles. The molecule has 1 aliphatic heterocycles. The first-order valence-corrected chi connectivity index (χ1v) is 14.5. The van der Waals surface area contributed by atoms with Gasteiger partial charge >= 0.3 is 0 Å². The van der Waals surface area contributed by atoms with Gasteiger partial charge in [0, 0.05) is 57.8 Å². The van der Waals surface area contributed by atoms with Crippen molar-refractivity contribution in [2.75, 3.05) is 44.2 Å². The molecule has 1 amide bonds. The van der Waals surface area contributed by atoms with Crippen LogP contribution in [-0.2, 0) is 17.8 Å². The molecule has 2 aromatic heterocycles. The summed E-state index contributed by atoms with van der Waals surface area (Å²) in [5.74, 6) is 1.53. The highest BCUT2D eigenvalue weighted by Crippen LogP contribution is 2.23. The van der Waals surface area contributed by atoms with Crippen LogP contribution in [0.2, 0.25) is 0 Å². The fourth-order valence-electron chi connectivity index (χ4n) is 5.62. The fraction of sp³-hybridized carbons (Fsp3) is 0.484. The van der Waals surface area contributed by atoms with Gasteiger partial charge in [0.05, 0.1) is 10.9 Å². The summed E-state index contributed by atoms with van der Waals surface area (Å²) < 4.78 is 3.63. The average Bonchev–Trinajstić information content (AvgIpc) is 3.38. The number of amides is 1. The lowest BCUT2D eigenvalue weighted by Crippen LogP contribution is -2.47. The second-order valence-corrected chi connectivity index (χ2v) is 11.4. The average molecular weight is 544 g/mol. The highest BCUT2D eigenvalue weighted by atomic mass is 16.1. The number of hydrogen-bond donors (Lipinski definition) is 1. The first-order chi connectivity index (χ1) is 19.3. The molecular weight excluding hydrogens is 502 g/mol. The smallest absolute Gasteiger partial charge is 0.262 e. The lowest BCUT2D eigenvalue weighted by atomic mass is 10.1. The highest BCUT2D eigenvalue weighted by Gasteiger charge is 2.19. The summed E-state index contributed by atoms with van der Waals surface area (Å²) in [4.78, 5) is 30.8. The third-order valence-corrected chi connectivity index (χ3v) is 7.75. The summed E-state index contributed by atoms with van der Waals surface area (Å²) in [6.07, 6.45) is 1.71. The van der Waals surface area contributed by atoms with Crippen molar-refractivity contribution >= 4 is 28.3 Å². The zero-order chi connectivity index (χ0) is 28.2. The molecule has 0 radical (unpaired) electrons. The first kappa shape index (κ1) is 27.8. The Morgan fingerprint density at radius 3 is 2.58 bits per heavy atom. The zero-order valence-electron chi connectivity index (χ0n) is 24.2. The van der Waals surface area contributed by atoms with Crippen LogP contribution < -0.4 is 15.8 Å². The molecule has 9 nitrogen and oxygen atoms in total. The van der Waals surface area contributed by atoms with Crippen molar-refractivity contribution in [3.8, 4) is 0 Å². The Hall–Kier alpha value is -3.72. The maximum Gasteiger partial charge on any atom is 0.262 e. The predicted octanol–water partition coefficient (Wildman–Crippen LogP) is 3.58. The van der Waals surface area contributed by atoms with Gasteiger partial charge in [0.15, 0.2) is 0 Å². The Labute approximate surface area is 235 Å². The minimum absolute atomic E-state index is 0.0105. The first-order valence-electron chi connectivity index (χ1n) is 14.5. The summed E-state index contributed by atoms with van der Waals surface area (Å²) >= 11 is 0. The number of carbonyl (C=O) groups excluding carboxylic acids is 1. The van der Waals surface area contributed by atoms with E-state index in [2.05, 4.69) is 71.2 Å². The zero-order valence-corrected chi connectivity index (χ0v) is 24.2. The number of rotatable bonds is 10. The summed E-state index contributed by atoms with van der Waals surface area (Å²) in [6, 6.07) is 14.2. The van der Waals surface area contributed by atoms with Gasteiger partial charge in [-0.25, -0.2) is 0 Å². The maximum atomic E-state index is 13.1. The molecule has 212 valence electrons. The van der Waals surface area contributed by atoms with Gasteiger partial charge < -0.3 is 10.2 Å². The van der Waals surface area contributed by atoms with Gasteiger partial charge in [0.1, 0.15) is 5.82 Å². The number of benzene rings is 2. The molecule has 1 saturated heterocycles. The lowest BCUT2D eigenvalue weighted by molar-refractivity contribution is -0.121. The van der Waals surface area contributed by atoms with Crippen LogP contribution >= 0.6 is 0 Å². The predicted molar refractivity (Wildman–Crippen MR) is 160 cm³/mol. The highest BCUT2D eigenvalue weighted by molar-refractivity contribution is 5.80. The molecular formula is C31H41N7O2. The van der Waals surface area contributed by atoms with Crippen LogP contribution in [0.4, 0.5) is 5.69 Å². The van der Waals surface area contributed by atoms with Crippen LogP contribution in [0.1, 0.15) is 43.6 Å². The van der Waals surface area contributed by atoms with E-state index in [1.807, 2.05) is 28.7 Å². The van der Waals surface area contributed by atoms with E-state index >= 15 is 0 Å². The van der Waals surface area contributed by atoms with Crippen molar-refractivity contribution in [3.63, 3.8) is 0 Å². The normalized spacial score (nSPS) is 14.5. The van der Waals surface area contributed by atoms with Crippen molar-refractivity contribution in [3.05, 3.63) is 69.8 Å². The summed E-state index contributed by atoms with van der Waals surface area (Å²) in [6.45, 7) is 14.8. The molecule has 0 aliphatic carbocycles. The van der Waals surface area contributed by atoms with E-state index in [4.69, 9.17) is 0 Å². The second kappa shape index (κ2) is 12.2. The van der Waals surface area contributed by atoms with Gasteiger partial charge in [-0.1, -0.05) is 38.1 Å². The van der Waals surface area contributed by atoms with Gasteiger partial charge in [-0.15, -0.1) is 10.2 Å². The third kappa shape index (κ3) is 6.04. The number of anilines is 1. The molecule has 4 aromatic rings. The standard InChI is InChI=1S/C31H41N7O2/c1-22(2)21-37-30(40)25-8-5-6-9-26(25)38-28(33-34-31(37)38)12-13-29(39)32-14-7-15-35-16-18-36(19-17-35)27-20-23(3)10-11-24(27)4/h5-6,8-11,20,22H,7,12-19,21H2,1-4H3,(H,32,39). The number of piperazine rings is 1. The van der Waals surface area contributed by atoms with E-state index in [0.29, 0.717) is 42.9 Å². The van der Waals surface area contributed by atoms with Crippen LogP contribution in [0.3, 0.4) is 0 Å². The van der Waals surface area contributed by atoms with E-state index in [1.165, 1.54) is 16.8 Å². The number of hydrogen-bond acceptors (Lipinski definition) is 6. The third-order valence-electron chi connectivity index (χ3n) is 7.75. The minimum atomic E-state index is -0.0554. The van der Waals surface area contributed by atoms with E-state index < -0.39 is 0 Å². The molecule has 0 atom stereocenters. The van der Waals surface area contributed by atoms with Crippen LogP contribution in [0.5, 0.6) is 0 Å².